The van der Waals surface area contributed by atoms with Crippen LogP contribution in [0.1, 0.15) is 5.56 Å². The maximum absolute atomic E-state index is 12.7. The van der Waals surface area contributed by atoms with Crippen LogP contribution in [-0.2, 0) is 11.4 Å². The Bertz CT molecular complexity index is 256. The number of aromatic nitrogens is 1. The molecule has 0 aromatic carbocycles. The van der Waals surface area contributed by atoms with E-state index in [1.54, 1.807) is 6.07 Å². The van der Waals surface area contributed by atoms with Crippen molar-refractivity contribution >= 4 is 15.9 Å². The first-order valence-electron chi connectivity index (χ1n) is 2.85. The molecule has 0 unspecified atom stereocenters. The van der Waals surface area contributed by atoms with E-state index in [2.05, 4.69) is 25.8 Å². The first-order chi connectivity index (χ1) is 5.24. The molecular formula is C6H6BrFN2O. The van der Waals surface area contributed by atoms with E-state index in [9.17, 15) is 4.39 Å². The maximum Gasteiger partial charge on any atom is 0.218 e. The zero-order valence-electron chi connectivity index (χ0n) is 5.55. The summed E-state index contributed by atoms with van der Waals surface area (Å²) in [5, 5.41) is 0. The summed E-state index contributed by atoms with van der Waals surface area (Å²) in [6.45, 7) is 0.0261. The van der Waals surface area contributed by atoms with E-state index >= 15 is 0 Å². The monoisotopic (exact) mass is 220 g/mol. The SMILES string of the molecule is NOCc1cc(Br)cnc1F. The highest BCUT2D eigenvalue weighted by Crippen LogP contribution is 2.12. The number of rotatable bonds is 2. The predicted molar refractivity (Wildman–Crippen MR) is 40.9 cm³/mol. The molecule has 1 heterocycles. The minimum absolute atomic E-state index is 0.0261. The number of hydrogen-bond donors (Lipinski definition) is 1. The van der Waals surface area contributed by atoms with Crippen LogP contribution < -0.4 is 5.90 Å². The van der Waals surface area contributed by atoms with Crippen molar-refractivity contribution in [3.05, 3.63) is 28.2 Å². The molecule has 0 aliphatic carbocycles. The third-order valence-electron chi connectivity index (χ3n) is 1.12. The van der Waals surface area contributed by atoms with Crippen molar-refractivity contribution in [1.29, 1.82) is 0 Å². The van der Waals surface area contributed by atoms with Crippen LogP contribution in [0.4, 0.5) is 4.39 Å². The molecule has 0 atom stereocenters. The lowest BCUT2D eigenvalue weighted by molar-refractivity contribution is 0.121. The Morgan fingerprint density at radius 2 is 2.45 bits per heavy atom. The minimum Gasteiger partial charge on any atom is -0.300 e. The summed E-state index contributed by atoms with van der Waals surface area (Å²) >= 11 is 3.14. The molecule has 60 valence electrons. The van der Waals surface area contributed by atoms with Gasteiger partial charge in [-0.1, -0.05) is 0 Å². The third-order valence-corrected chi connectivity index (χ3v) is 1.55. The summed E-state index contributed by atoms with van der Waals surface area (Å²) in [6, 6.07) is 1.56. The van der Waals surface area contributed by atoms with Gasteiger partial charge in [-0.2, -0.15) is 4.39 Å². The average Bonchev–Trinajstić information content (AvgIpc) is 1.98. The lowest BCUT2D eigenvalue weighted by Crippen LogP contribution is -2.02. The second-order valence-corrected chi connectivity index (χ2v) is 2.83. The molecule has 0 fully saturated rings. The van der Waals surface area contributed by atoms with Gasteiger partial charge in [-0.15, -0.1) is 0 Å². The molecule has 0 radical (unpaired) electrons. The molecule has 1 rings (SSSR count). The lowest BCUT2D eigenvalue weighted by atomic mass is 10.3. The van der Waals surface area contributed by atoms with E-state index in [-0.39, 0.29) is 6.61 Å². The molecule has 0 aliphatic heterocycles. The fraction of sp³-hybridized carbons (Fsp3) is 0.167. The summed E-state index contributed by atoms with van der Waals surface area (Å²) in [5.74, 6) is 4.21. The van der Waals surface area contributed by atoms with Gasteiger partial charge in [0.25, 0.3) is 0 Å². The van der Waals surface area contributed by atoms with Gasteiger partial charge in [-0.25, -0.2) is 10.9 Å². The van der Waals surface area contributed by atoms with Gasteiger partial charge in [0.1, 0.15) is 0 Å². The predicted octanol–water partition coefficient (Wildman–Crippen LogP) is 1.37. The van der Waals surface area contributed by atoms with Gasteiger partial charge in [-0.05, 0) is 22.0 Å². The first kappa shape index (κ1) is 8.58. The second kappa shape index (κ2) is 3.75. The Labute approximate surface area is 71.5 Å². The quantitative estimate of drug-likeness (QED) is 0.606. The molecule has 0 amide bonds. The smallest absolute Gasteiger partial charge is 0.218 e. The zero-order valence-corrected chi connectivity index (χ0v) is 7.14. The average molecular weight is 221 g/mol. The standard InChI is InChI=1S/C6H6BrFN2O/c7-5-1-4(3-11-9)6(8)10-2-5/h1-2H,3,9H2. The molecule has 0 saturated carbocycles. The van der Waals surface area contributed by atoms with Crippen LogP contribution in [-0.4, -0.2) is 4.98 Å². The van der Waals surface area contributed by atoms with E-state index in [0.29, 0.717) is 10.0 Å². The summed E-state index contributed by atoms with van der Waals surface area (Å²) in [7, 11) is 0. The van der Waals surface area contributed by atoms with Crippen molar-refractivity contribution in [2.24, 2.45) is 5.90 Å². The fourth-order valence-electron chi connectivity index (χ4n) is 0.656. The van der Waals surface area contributed by atoms with E-state index in [4.69, 9.17) is 5.90 Å². The number of halogens is 2. The number of nitrogens with zero attached hydrogens (tertiary/aromatic N) is 1. The number of nitrogens with two attached hydrogens (primary N) is 1. The van der Waals surface area contributed by atoms with E-state index in [1.807, 2.05) is 0 Å². The van der Waals surface area contributed by atoms with Crippen LogP contribution in [0.3, 0.4) is 0 Å². The molecule has 5 heteroatoms. The number of pyridine rings is 1. The van der Waals surface area contributed by atoms with Crippen LogP contribution >= 0.6 is 15.9 Å². The zero-order chi connectivity index (χ0) is 8.27. The summed E-state index contributed by atoms with van der Waals surface area (Å²) in [6.07, 6.45) is 1.37. The summed E-state index contributed by atoms with van der Waals surface area (Å²) in [5.41, 5.74) is 0.335. The fourth-order valence-corrected chi connectivity index (χ4v) is 1.03. The molecular weight excluding hydrogens is 215 g/mol. The van der Waals surface area contributed by atoms with Crippen molar-refractivity contribution in [1.82, 2.24) is 4.98 Å². The van der Waals surface area contributed by atoms with E-state index < -0.39 is 5.95 Å². The molecule has 0 aliphatic rings. The van der Waals surface area contributed by atoms with Crippen molar-refractivity contribution < 1.29 is 9.23 Å². The number of hydrogen-bond acceptors (Lipinski definition) is 3. The van der Waals surface area contributed by atoms with Crippen LogP contribution in [0.25, 0.3) is 0 Å². The molecule has 2 N–H and O–H groups in total. The molecule has 1 aromatic rings. The Kier molecular flexibility index (Phi) is 2.92. The summed E-state index contributed by atoms with van der Waals surface area (Å²) < 4.78 is 13.4. The Morgan fingerprint density at radius 1 is 1.73 bits per heavy atom. The first-order valence-corrected chi connectivity index (χ1v) is 3.65. The third kappa shape index (κ3) is 2.21. The topological polar surface area (TPSA) is 48.1 Å². The van der Waals surface area contributed by atoms with Gasteiger partial charge in [-0.3, -0.25) is 4.84 Å². The molecule has 0 saturated heterocycles. The normalized spacial score (nSPS) is 10.1. The van der Waals surface area contributed by atoms with Gasteiger partial charge >= 0.3 is 0 Å². The maximum atomic E-state index is 12.7. The Balaban J connectivity index is 2.93. The van der Waals surface area contributed by atoms with Gasteiger partial charge in [0.05, 0.1) is 6.61 Å². The minimum atomic E-state index is -0.557. The Hall–Kier alpha value is -0.520. The van der Waals surface area contributed by atoms with Gasteiger partial charge in [0.2, 0.25) is 5.95 Å². The van der Waals surface area contributed by atoms with Crippen molar-refractivity contribution in [2.45, 2.75) is 6.61 Å². The molecule has 0 spiro atoms. The van der Waals surface area contributed by atoms with Gasteiger partial charge < -0.3 is 0 Å². The van der Waals surface area contributed by atoms with Crippen LogP contribution in [0.2, 0.25) is 0 Å². The lowest BCUT2D eigenvalue weighted by Gasteiger charge is -1.99. The highest BCUT2D eigenvalue weighted by molar-refractivity contribution is 9.10. The van der Waals surface area contributed by atoms with Crippen molar-refractivity contribution in [3.63, 3.8) is 0 Å². The second-order valence-electron chi connectivity index (χ2n) is 1.91. The molecule has 0 bridgehead atoms. The van der Waals surface area contributed by atoms with Crippen LogP contribution in [0, 0.1) is 5.95 Å². The van der Waals surface area contributed by atoms with Crippen LogP contribution in [0.5, 0.6) is 0 Å². The highest BCUT2D eigenvalue weighted by atomic mass is 79.9. The molecule has 11 heavy (non-hydrogen) atoms. The van der Waals surface area contributed by atoms with Crippen LogP contribution in [0.15, 0.2) is 16.7 Å². The van der Waals surface area contributed by atoms with Gasteiger partial charge in [0, 0.05) is 16.2 Å². The largest absolute Gasteiger partial charge is 0.300 e. The Morgan fingerprint density at radius 3 is 3.09 bits per heavy atom. The van der Waals surface area contributed by atoms with Gasteiger partial charge in [0.15, 0.2) is 0 Å². The van der Waals surface area contributed by atoms with Crippen molar-refractivity contribution in [3.8, 4) is 0 Å². The van der Waals surface area contributed by atoms with Crippen molar-refractivity contribution in [2.75, 3.05) is 0 Å². The summed E-state index contributed by atoms with van der Waals surface area (Å²) in [4.78, 5) is 7.71. The van der Waals surface area contributed by atoms with E-state index in [1.165, 1.54) is 6.20 Å². The highest BCUT2D eigenvalue weighted by Gasteiger charge is 2.02. The molecule has 1 aromatic heterocycles. The molecule has 3 nitrogen and oxygen atoms in total. The van der Waals surface area contributed by atoms with E-state index in [0.717, 1.165) is 0 Å².